The van der Waals surface area contributed by atoms with E-state index < -0.39 is 11.7 Å². The molecule has 1 amide bonds. The summed E-state index contributed by atoms with van der Waals surface area (Å²) in [6.45, 7) is 7.98. The van der Waals surface area contributed by atoms with Crippen LogP contribution in [0.4, 0.5) is 0 Å². The summed E-state index contributed by atoms with van der Waals surface area (Å²) in [5.41, 5.74) is 9.71. The van der Waals surface area contributed by atoms with E-state index in [1.54, 1.807) is 12.1 Å². The SMILES string of the molecule is CC(C)n1ncc2cc(-c3ccc(C(=O)C(N)=O)cc3)ccc21.Clc1cc(CCCN2CCCC2)ccc1OC1CC1. The molecular weight excluding hydrogens is 548 g/mol. The first-order valence-electron chi connectivity index (χ1n) is 14.9. The molecule has 2 aliphatic rings. The number of ether oxygens (including phenoxy) is 1. The Kier molecular flexibility index (Phi) is 9.60. The van der Waals surface area contributed by atoms with Gasteiger partial charge in [0, 0.05) is 17.0 Å². The molecule has 1 aromatic heterocycles. The standard InChI is InChI=1S/C18H17N3O2.C16H22ClNO/c1-11(2)21-16-8-7-14(9-15(16)10-20-21)12-3-5-13(6-4-12)17(22)18(19)23;17-15-12-13(4-3-11-18-9-1-2-10-18)5-8-16(15)19-14-6-7-14/h3-11H,1-2H3,(H2,19,23);5,8,12,14H,1-4,6-7,9-11H2. The van der Waals surface area contributed by atoms with Gasteiger partial charge in [0.15, 0.2) is 0 Å². The van der Waals surface area contributed by atoms with Crippen LogP contribution in [0.3, 0.4) is 0 Å². The monoisotopic (exact) mass is 586 g/mol. The van der Waals surface area contributed by atoms with Crippen LogP contribution >= 0.6 is 11.6 Å². The maximum Gasteiger partial charge on any atom is 0.289 e. The van der Waals surface area contributed by atoms with Gasteiger partial charge < -0.3 is 15.4 Å². The molecule has 3 aromatic carbocycles. The zero-order valence-corrected chi connectivity index (χ0v) is 25.1. The Morgan fingerprint density at radius 3 is 2.36 bits per heavy atom. The predicted octanol–water partition coefficient (Wildman–Crippen LogP) is 6.86. The van der Waals surface area contributed by atoms with Crippen molar-refractivity contribution in [3.63, 3.8) is 0 Å². The van der Waals surface area contributed by atoms with E-state index in [1.807, 2.05) is 41.2 Å². The molecule has 1 saturated heterocycles. The van der Waals surface area contributed by atoms with Crippen molar-refractivity contribution < 1.29 is 14.3 Å². The molecule has 0 atom stereocenters. The van der Waals surface area contributed by atoms with Crippen molar-refractivity contribution in [1.82, 2.24) is 14.7 Å². The number of nitrogens with two attached hydrogens (primary N) is 1. The molecule has 2 heterocycles. The minimum absolute atomic E-state index is 0.301. The third kappa shape index (κ3) is 7.58. The van der Waals surface area contributed by atoms with Crippen molar-refractivity contribution in [2.75, 3.05) is 19.6 Å². The number of Topliss-reactive ketones (excluding diaryl/α,β-unsaturated/α-hetero) is 1. The van der Waals surface area contributed by atoms with E-state index in [-0.39, 0.29) is 0 Å². The first-order valence-corrected chi connectivity index (χ1v) is 15.3. The summed E-state index contributed by atoms with van der Waals surface area (Å²) in [5, 5.41) is 6.24. The summed E-state index contributed by atoms with van der Waals surface area (Å²) in [6.07, 6.45) is 9.70. The molecule has 4 aromatic rings. The predicted molar refractivity (Wildman–Crippen MR) is 168 cm³/mol. The third-order valence-electron chi connectivity index (χ3n) is 7.74. The van der Waals surface area contributed by atoms with Crippen LogP contribution in [0, 0.1) is 0 Å². The van der Waals surface area contributed by atoms with Gasteiger partial charge in [0.05, 0.1) is 22.8 Å². The van der Waals surface area contributed by atoms with Crippen molar-refractivity contribution in [3.8, 4) is 16.9 Å². The summed E-state index contributed by atoms with van der Waals surface area (Å²) < 4.78 is 7.74. The largest absolute Gasteiger partial charge is 0.489 e. The summed E-state index contributed by atoms with van der Waals surface area (Å²) >= 11 is 6.27. The van der Waals surface area contributed by atoms with E-state index in [0.717, 1.165) is 39.2 Å². The minimum Gasteiger partial charge on any atom is -0.489 e. The molecule has 1 saturated carbocycles. The molecule has 8 heteroatoms. The summed E-state index contributed by atoms with van der Waals surface area (Å²) in [5.74, 6) is -0.766. The molecule has 1 aliphatic heterocycles. The molecule has 7 nitrogen and oxygen atoms in total. The number of aromatic nitrogens is 2. The Bertz CT molecular complexity index is 1540. The van der Waals surface area contributed by atoms with Crippen LogP contribution in [-0.4, -0.2) is 52.1 Å². The number of aryl methyl sites for hydroxylation is 1. The first kappa shape index (κ1) is 29.8. The number of benzene rings is 3. The zero-order chi connectivity index (χ0) is 29.6. The van der Waals surface area contributed by atoms with Crippen LogP contribution in [0.2, 0.25) is 5.02 Å². The zero-order valence-electron chi connectivity index (χ0n) is 24.4. The Labute approximate surface area is 252 Å². The van der Waals surface area contributed by atoms with Gasteiger partial charge in [0.2, 0.25) is 5.78 Å². The number of fused-ring (bicyclic) bond motifs is 1. The highest BCUT2D eigenvalue weighted by Crippen LogP contribution is 2.32. The first-order chi connectivity index (χ1) is 20.3. The molecule has 0 spiro atoms. The van der Waals surface area contributed by atoms with E-state index in [9.17, 15) is 9.59 Å². The highest BCUT2D eigenvalue weighted by molar-refractivity contribution is 6.42. The van der Waals surface area contributed by atoms with E-state index in [1.165, 1.54) is 57.3 Å². The van der Waals surface area contributed by atoms with Crippen LogP contribution < -0.4 is 10.5 Å². The van der Waals surface area contributed by atoms with E-state index in [0.29, 0.717) is 17.7 Å². The molecule has 220 valence electrons. The van der Waals surface area contributed by atoms with Crippen LogP contribution in [0.25, 0.3) is 22.0 Å². The average Bonchev–Trinajstić information content (AvgIpc) is 3.46. The van der Waals surface area contributed by atoms with Crippen molar-refractivity contribution in [3.05, 3.63) is 83.0 Å². The van der Waals surface area contributed by atoms with Gasteiger partial charge in [-0.2, -0.15) is 5.10 Å². The lowest BCUT2D eigenvalue weighted by Gasteiger charge is -2.14. The van der Waals surface area contributed by atoms with Crippen LogP contribution in [0.15, 0.2) is 66.9 Å². The second kappa shape index (κ2) is 13.5. The maximum atomic E-state index is 11.5. The van der Waals surface area contributed by atoms with Gasteiger partial charge in [-0.05, 0) is 113 Å². The lowest BCUT2D eigenvalue weighted by atomic mass is 10.0. The van der Waals surface area contributed by atoms with Crippen LogP contribution in [-0.2, 0) is 11.2 Å². The lowest BCUT2D eigenvalue weighted by Crippen LogP contribution is -2.22. The smallest absolute Gasteiger partial charge is 0.289 e. The number of hydrogen-bond donors (Lipinski definition) is 1. The minimum atomic E-state index is -0.944. The number of halogens is 1. The van der Waals surface area contributed by atoms with E-state index in [2.05, 4.69) is 42.0 Å². The Hall–Kier alpha value is -3.68. The van der Waals surface area contributed by atoms with Crippen LogP contribution in [0.5, 0.6) is 5.75 Å². The summed E-state index contributed by atoms with van der Waals surface area (Å²) in [4.78, 5) is 25.0. The second-order valence-corrected chi connectivity index (χ2v) is 11.9. The maximum absolute atomic E-state index is 11.5. The highest BCUT2D eigenvalue weighted by Gasteiger charge is 2.24. The Balaban J connectivity index is 0.000000171. The van der Waals surface area contributed by atoms with Crippen molar-refractivity contribution in [1.29, 1.82) is 0 Å². The second-order valence-electron chi connectivity index (χ2n) is 11.5. The van der Waals surface area contributed by atoms with Crippen LogP contribution in [0.1, 0.15) is 67.9 Å². The van der Waals surface area contributed by atoms with Gasteiger partial charge in [-0.15, -0.1) is 0 Å². The molecule has 1 aliphatic carbocycles. The van der Waals surface area contributed by atoms with Gasteiger partial charge in [0.25, 0.3) is 5.91 Å². The molecule has 42 heavy (non-hydrogen) atoms. The Morgan fingerprint density at radius 1 is 1.00 bits per heavy atom. The topological polar surface area (TPSA) is 90.4 Å². The fourth-order valence-electron chi connectivity index (χ4n) is 5.27. The molecular formula is C34H39ClN4O3. The lowest BCUT2D eigenvalue weighted by molar-refractivity contribution is -0.114. The number of carbonyl (C=O) groups is 2. The number of likely N-dealkylation sites (tertiary alicyclic amines) is 1. The summed E-state index contributed by atoms with van der Waals surface area (Å²) in [6, 6.07) is 19.5. The van der Waals surface area contributed by atoms with Gasteiger partial charge in [-0.25, -0.2) is 0 Å². The van der Waals surface area contributed by atoms with Gasteiger partial charge in [-0.1, -0.05) is 48.0 Å². The number of carbonyl (C=O) groups excluding carboxylic acids is 2. The Morgan fingerprint density at radius 2 is 1.71 bits per heavy atom. The molecule has 2 fully saturated rings. The molecule has 0 bridgehead atoms. The number of hydrogen-bond acceptors (Lipinski definition) is 5. The molecule has 0 radical (unpaired) electrons. The van der Waals surface area contributed by atoms with E-state index >= 15 is 0 Å². The van der Waals surface area contributed by atoms with Crippen molar-refractivity contribution in [2.45, 2.75) is 64.5 Å². The fraction of sp³-hybridized carbons (Fsp3) is 0.382. The van der Waals surface area contributed by atoms with Gasteiger partial charge in [0.1, 0.15) is 5.75 Å². The highest BCUT2D eigenvalue weighted by atomic mass is 35.5. The average molecular weight is 587 g/mol. The summed E-state index contributed by atoms with van der Waals surface area (Å²) in [7, 11) is 0. The molecule has 2 N–H and O–H groups in total. The third-order valence-corrected chi connectivity index (χ3v) is 8.04. The number of amides is 1. The number of ketones is 1. The van der Waals surface area contributed by atoms with Gasteiger partial charge >= 0.3 is 0 Å². The quantitative estimate of drug-likeness (QED) is 0.162. The van der Waals surface area contributed by atoms with Crippen molar-refractivity contribution in [2.24, 2.45) is 5.73 Å². The number of primary amides is 1. The number of rotatable bonds is 10. The fourth-order valence-corrected chi connectivity index (χ4v) is 5.52. The molecule has 0 unspecified atom stereocenters. The van der Waals surface area contributed by atoms with Crippen molar-refractivity contribution >= 4 is 34.2 Å². The number of nitrogens with zero attached hydrogens (tertiary/aromatic N) is 3. The normalized spacial score (nSPS) is 15.0. The molecule has 6 rings (SSSR count). The van der Waals surface area contributed by atoms with Gasteiger partial charge in [-0.3, -0.25) is 14.3 Å². The van der Waals surface area contributed by atoms with E-state index in [4.69, 9.17) is 22.1 Å².